The lowest BCUT2D eigenvalue weighted by Gasteiger charge is -2.33. The summed E-state index contributed by atoms with van der Waals surface area (Å²) in [6, 6.07) is 11.9. The van der Waals surface area contributed by atoms with Gasteiger partial charge in [-0.05, 0) is 55.4 Å². The number of rotatable bonds is 5. The SMILES string of the molecule is CN(C(=O)Cc1ccc(S(=O)(=O)N2CCCC2)s1)[C@@H]1CCCc2ccccc21. The Bertz CT molecular complexity index is 962. The van der Waals surface area contributed by atoms with Crippen molar-refractivity contribution in [2.75, 3.05) is 20.1 Å². The molecule has 0 radical (unpaired) electrons. The zero-order valence-corrected chi connectivity index (χ0v) is 17.8. The van der Waals surface area contributed by atoms with Gasteiger partial charge in [0.2, 0.25) is 5.91 Å². The van der Waals surface area contributed by atoms with Crippen molar-refractivity contribution in [1.82, 2.24) is 9.21 Å². The molecule has 0 unspecified atom stereocenters. The quantitative estimate of drug-likeness (QED) is 0.745. The lowest BCUT2D eigenvalue weighted by atomic mass is 9.87. The lowest BCUT2D eigenvalue weighted by Crippen LogP contribution is -2.34. The van der Waals surface area contributed by atoms with Crippen molar-refractivity contribution in [2.24, 2.45) is 0 Å². The lowest BCUT2D eigenvalue weighted by molar-refractivity contribution is -0.131. The predicted octanol–water partition coefficient (Wildman–Crippen LogP) is 3.61. The van der Waals surface area contributed by atoms with Crippen LogP contribution in [0.25, 0.3) is 0 Å². The van der Waals surface area contributed by atoms with Crippen molar-refractivity contribution in [2.45, 2.75) is 48.8 Å². The van der Waals surface area contributed by atoms with E-state index >= 15 is 0 Å². The highest BCUT2D eigenvalue weighted by molar-refractivity contribution is 7.91. The molecule has 0 bridgehead atoms. The molecule has 1 aromatic heterocycles. The Hall–Kier alpha value is -1.70. The van der Waals surface area contributed by atoms with Crippen LogP contribution in [0.2, 0.25) is 0 Å². The maximum Gasteiger partial charge on any atom is 0.252 e. The minimum absolute atomic E-state index is 0.0358. The van der Waals surface area contributed by atoms with E-state index in [1.807, 2.05) is 18.0 Å². The Morgan fingerprint density at radius 2 is 1.89 bits per heavy atom. The molecule has 0 N–H and O–H groups in total. The van der Waals surface area contributed by atoms with Gasteiger partial charge in [-0.15, -0.1) is 11.3 Å². The summed E-state index contributed by atoms with van der Waals surface area (Å²) < 4.78 is 27.3. The summed E-state index contributed by atoms with van der Waals surface area (Å²) in [6.07, 6.45) is 5.20. The second-order valence-corrected chi connectivity index (χ2v) is 11.0. The smallest absolute Gasteiger partial charge is 0.252 e. The third-order valence-electron chi connectivity index (χ3n) is 5.82. The average molecular weight is 419 g/mol. The second-order valence-electron chi connectivity index (χ2n) is 7.62. The van der Waals surface area contributed by atoms with Gasteiger partial charge < -0.3 is 4.90 Å². The highest BCUT2D eigenvalue weighted by atomic mass is 32.2. The van der Waals surface area contributed by atoms with Gasteiger partial charge in [0.25, 0.3) is 10.0 Å². The van der Waals surface area contributed by atoms with Crippen LogP contribution >= 0.6 is 11.3 Å². The number of nitrogens with zero attached hydrogens (tertiary/aromatic N) is 2. The number of hydrogen-bond donors (Lipinski definition) is 0. The minimum atomic E-state index is -3.41. The number of thiophene rings is 1. The Balaban J connectivity index is 1.47. The molecule has 0 spiro atoms. The van der Waals surface area contributed by atoms with Crippen molar-refractivity contribution >= 4 is 27.3 Å². The summed E-state index contributed by atoms with van der Waals surface area (Å²) in [5.41, 5.74) is 2.57. The number of likely N-dealkylation sites (N-methyl/N-ethyl adjacent to an activating group) is 1. The first-order valence-corrected chi connectivity index (χ1v) is 12.1. The van der Waals surface area contributed by atoms with Crippen LogP contribution in [0.5, 0.6) is 0 Å². The Kier molecular flexibility index (Phi) is 5.58. The highest BCUT2D eigenvalue weighted by Crippen LogP contribution is 2.34. The molecule has 4 rings (SSSR count). The Morgan fingerprint density at radius 1 is 1.14 bits per heavy atom. The van der Waals surface area contributed by atoms with Gasteiger partial charge in [0.1, 0.15) is 4.21 Å². The second kappa shape index (κ2) is 7.97. The average Bonchev–Trinajstić information content (AvgIpc) is 3.39. The van der Waals surface area contributed by atoms with E-state index in [9.17, 15) is 13.2 Å². The fourth-order valence-corrected chi connectivity index (χ4v) is 7.24. The van der Waals surface area contributed by atoms with Crippen molar-refractivity contribution < 1.29 is 13.2 Å². The Morgan fingerprint density at radius 3 is 2.68 bits per heavy atom. The maximum atomic E-state index is 12.9. The molecule has 1 amide bonds. The molecule has 7 heteroatoms. The van der Waals surface area contributed by atoms with Crippen molar-refractivity contribution in [1.29, 1.82) is 0 Å². The molecule has 1 aromatic carbocycles. The fourth-order valence-electron chi connectivity index (χ4n) is 4.23. The molecule has 1 saturated heterocycles. The standard InChI is InChI=1S/C21H26N2O3S2/c1-22(19-10-6-8-16-7-2-3-9-18(16)19)20(24)15-17-11-12-21(27-17)28(25,26)23-13-4-5-14-23/h2-3,7,9,11-12,19H,4-6,8,10,13-15H2,1H3/t19-/m1/s1. The fraction of sp³-hybridized carbons (Fsp3) is 0.476. The molecular weight excluding hydrogens is 392 g/mol. The van der Waals surface area contributed by atoms with Gasteiger partial charge in [-0.25, -0.2) is 8.42 Å². The molecule has 2 aliphatic rings. The molecule has 2 aromatic rings. The van der Waals surface area contributed by atoms with E-state index in [0.29, 0.717) is 17.3 Å². The minimum Gasteiger partial charge on any atom is -0.338 e. The molecule has 1 aliphatic carbocycles. The van der Waals surface area contributed by atoms with Crippen LogP contribution in [0.15, 0.2) is 40.6 Å². The summed E-state index contributed by atoms with van der Waals surface area (Å²) in [4.78, 5) is 15.6. The number of amides is 1. The first-order chi connectivity index (χ1) is 13.5. The van der Waals surface area contributed by atoms with Gasteiger partial charge in [0.15, 0.2) is 0 Å². The van der Waals surface area contributed by atoms with Crippen molar-refractivity contribution in [3.05, 3.63) is 52.4 Å². The first-order valence-electron chi connectivity index (χ1n) is 9.89. The number of carbonyl (C=O) groups is 1. The van der Waals surface area contributed by atoms with Crippen LogP contribution in [0.1, 0.15) is 47.7 Å². The summed E-state index contributed by atoms with van der Waals surface area (Å²) in [7, 11) is -1.54. The zero-order chi connectivity index (χ0) is 19.7. The third kappa shape index (κ3) is 3.75. The molecule has 1 fully saturated rings. The third-order valence-corrected chi connectivity index (χ3v) is 9.27. The molecule has 1 atom stereocenters. The molecular formula is C21H26N2O3S2. The molecule has 150 valence electrons. The van der Waals surface area contributed by atoms with E-state index in [1.165, 1.54) is 22.5 Å². The van der Waals surface area contributed by atoms with Gasteiger partial charge in [0.05, 0.1) is 12.5 Å². The van der Waals surface area contributed by atoms with Crippen LogP contribution in [0.4, 0.5) is 0 Å². The van der Waals surface area contributed by atoms with Crippen LogP contribution in [0, 0.1) is 0 Å². The molecule has 5 nitrogen and oxygen atoms in total. The summed E-state index contributed by atoms with van der Waals surface area (Å²) in [5, 5.41) is 0. The zero-order valence-electron chi connectivity index (χ0n) is 16.1. The maximum absolute atomic E-state index is 12.9. The van der Waals surface area contributed by atoms with E-state index in [1.54, 1.807) is 16.4 Å². The number of aryl methyl sites for hydroxylation is 1. The van der Waals surface area contributed by atoms with E-state index in [2.05, 4.69) is 18.2 Å². The van der Waals surface area contributed by atoms with Crippen LogP contribution in [-0.2, 0) is 27.7 Å². The van der Waals surface area contributed by atoms with Gasteiger partial charge in [-0.3, -0.25) is 4.79 Å². The highest BCUT2D eigenvalue weighted by Gasteiger charge is 2.30. The summed E-state index contributed by atoms with van der Waals surface area (Å²) >= 11 is 1.23. The van der Waals surface area contributed by atoms with E-state index < -0.39 is 10.0 Å². The number of benzene rings is 1. The molecule has 0 saturated carbocycles. The van der Waals surface area contributed by atoms with Crippen LogP contribution in [-0.4, -0.2) is 43.7 Å². The Labute approximate surface area is 171 Å². The largest absolute Gasteiger partial charge is 0.338 e. The topological polar surface area (TPSA) is 57.7 Å². The van der Waals surface area contributed by atoms with E-state index in [-0.39, 0.29) is 18.4 Å². The molecule has 28 heavy (non-hydrogen) atoms. The summed E-state index contributed by atoms with van der Waals surface area (Å²) in [5.74, 6) is 0.0358. The summed E-state index contributed by atoms with van der Waals surface area (Å²) in [6.45, 7) is 1.19. The monoisotopic (exact) mass is 418 g/mol. The number of hydrogen-bond acceptors (Lipinski definition) is 4. The normalized spacial score (nSPS) is 20.1. The number of fused-ring (bicyclic) bond motifs is 1. The van der Waals surface area contributed by atoms with Gasteiger partial charge in [-0.2, -0.15) is 4.31 Å². The first kappa shape index (κ1) is 19.6. The number of carbonyl (C=O) groups excluding carboxylic acids is 1. The van der Waals surface area contributed by atoms with Gasteiger partial charge in [-0.1, -0.05) is 24.3 Å². The van der Waals surface area contributed by atoms with E-state index in [0.717, 1.165) is 37.0 Å². The molecule has 2 heterocycles. The van der Waals surface area contributed by atoms with Crippen LogP contribution < -0.4 is 0 Å². The van der Waals surface area contributed by atoms with E-state index in [4.69, 9.17) is 0 Å². The van der Waals surface area contributed by atoms with Crippen LogP contribution in [0.3, 0.4) is 0 Å². The predicted molar refractivity (Wildman–Crippen MR) is 111 cm³/mol. The van der Waals surface area contributed by atoms with Gasteiger partial charge in [0, 0.05) is 25.0 Å². The molecule has 1 aliphatic heterocycles. The van der Waals surface area contributed by atoms with Crippen molar-refractivity contribution in [3.8, 4) is 0 Å². The van der Waals surface area contributed by atoms with Gasteiger partial charge >= 0.3 is 0 Å². The van der Waals surface area contributed by atoms with Crippen molar-refractivity contribution in [3.63, 3.8) is 0 Å². The number of sulfonamides is 1.